The Labute approximate surface area is 143 Å². The van der Waals surface area contributed by atoms with Gasteiger partial charge in [-0.05, 0) is 37.7 Å². The Balaban J connectivity index is 2.74. The maximum atomic E-state index is 7.70. The number of rotatable bonds is 8. The second-order valence-corrected chi connectivity index (χ2v) is 11.7. The van der Waals surface area contributed by atoms with Crippen LogP contribution in [0.5, 0.6) is 0 Å². The van der Waals surface area contributed by atoms with E-state index < -0.39 is 10.0 Å². The lowest BCUT2D eigenvalue weighted by atomic mass is 10.2. The highest BCUT2D eigenvalue weighted by molar-refractivity contribution is 8.32. The van der Waals surface area contributed by atoms with Gasteiger partial charge in [0.1, 0.15) is 18.4 Å². The molecule has 0 saturated carbocycles. The van der Waals surface area contributed by atoms with Crippen LogP contribution in [0, 0.1) is 11.3 Å². The first-order valence-electron chi connectivity index (χ1n) is 8.09. The molecule has 0 aromatic heterocycles. The monoisotopic (exact) mass is 343 g/mol. The molecule has 1 heterocycles. The summed E-state index contributed by atoms with van der Waals surface area (Å²) < 4.78 is 11.2. The molecule has 23 heavy (non-hydrogen) atoms. The van der Waals surface area contributed by atoms with E-state index in [0.717, 1.165) is 18.2 Å². The van der Waals surface area contributed by atoms with Gasteiger partial charge >= 0.3 is 0 Å². The molecular weight excluding hydrogens is 310 g/mol. The summed E-state index contributed by atoms with van der Waals surface area (Å²) in [7, 11) is -0.541. The number of nitrogens with one attached hydrogen (secondary N) is 1. The number of hydrogen-bond donors (Lipinski definition) is 1. The fourth-order valence-corrected chi connectivity index (χ4v) is 2.50. The lowest BCUT2D eigenvalue weighted by molar-refractivity contribution is -0.0711. The summed E-state index contributed by atoms with van der Waals surface area (Å²) in [4.78, 5) is 6.51. The Morgan fingerprint density at radius 3 is 2.48 bits per heavy atom. The first kappa shape index (κ1) is 20.2. The molecule has 5 nitrogen and oxygen atoms in total. The van der Waals surface area contributed by atoms with Gasteiger partial charge in [-0.3, -0.25) is 5.41 Å². The average molecular weight is 344 g/mol. The van der Waals surface area contributed by atoms with Crippen molar-refractivity contribution in [2.24, 2.45) is 10.9 Å². The maximum absolute atomic E-state index is 7.70. The van der Waals surface area contributed by atoms with Crippen molar-refractivity contribution in [2.45, 2.75) is 26.8 Å². The predicted octanol–water partition coefficient (Wildman–Crippen LogP) is 2.96. The van der Waals surface area contributed by atoms with Crippen molar-refractivity contribution in [3.05, 3.63) is 12.2 Å². The van der Waals surface area contributed by atoms with Crippen LogP contribution in [0.2, 0.25) is 0 Å². The van der Waals surface area contributed by atoms with Crippen molar-refractivity contribution in [1.29, 1.82) is 5.41 Å². The summed E-state index contributed by atoms with van der Waals surface area (Å²) in [6.45, 7) is 8.60. The molecule has 0 aliphatic carbocycles. The largest absolute Gasteiger partial charge is 0.377 e. The molecule has 1 rings (SSSR count). The third kappa shape index (κ3) is 8.53. The van der Waals surface area contributed by atoms with Crippen molar-refractivity contribution in [1.82, 2.24) is 4.90 Å². The number of hydrogen-bond acceptors (Lipinski definition) is 3. The van der Waals surface area contributed by atoms with Gasteiger partial charge in [0.25, 0.3) is 0 Å². The molecule has 0 spiro atoms. The first-order chi connectivity index (χ1) is 10.7. The highest BCUT2D eigenvalue weighted by Crippen LogP contribution is 2.33. The number of ether oxygens (including phenoxy) is 2. The molecular formula is C17H33N3O2S. The summed E-state index contributed by atoms with van der Waals surface area (Å²) in [6.07, 6.45) is 11.0. The zero-order chi connectivity index (χ0) is 17.5. The van der Waals surface area contributed by atoms with Crippen molar-refractivity contribution >= 4 is 21.7 Å². The van der Waals surface area contributed by atoms with Gasteiger partial charge in [-0.2, -0.15) is 0 Å². The van der Waals surface area contributed by atoms with Crippen LogP contribution in [0.25, 0.3) is 0 Å². The molecule has 1 aliphatic heterocycles. The van der Waals surface area contributed by atoms with Gasteiger partial charge < -0.3 is 14.4 Å². The molecule has 0 amide bonds. The Morgan fingerprint density at radius 2 is 2.04 bits per heavy atom. The topological polar surface area (TPSA) is 57.9 Å². The fourth-order valence-electron chi connectivity index (χ4n) is 1.88. The van der Waals surface area contributed by atoms with E-state index in [0.29, 0.717) is 31.7 Å². The summed E-state index contributed by atoms with van der Waals surface area (Å²) in [5.41, 5.74) is 0. The summed E-state index contributed by atoms with van der Waals surface area (Å²) in [5.74, 6) is 2.64. The number of nitrogens with zero attached hydrogens (tertiary/aromatic N) is 2. The number of amidine groups is 2. The lowest BCUT2D eigenvalue weighted by Gasteiger charge is -2.38. The second-order valence-electron chi connectivity index (χ2n) is 7.15. The molecule has 0 unspecified atom stereocenters. The second kappa shape index (κ2) is 9.45. The zero-order valence-corrected chi connectivity index (χ0v) is 16.3. The van der Waals surface area contributed by atoms with Crippen LogP contribution in [0.4, 0.5) is 0 Å². The average Bonchev–Trinajstić information content (AvgIpc) is 2.34. The Kier molecular flexibility index (Phi) is 8.29. The minimum Gasteiger partial charge on any atom is -0.377 e. The highest BCUT2D eigenvalue weighted by Gasteiger charge is 2.28. The van der Waals surface area contributed by atoms with E-state index in [1.807, 2.05) is 6.08 Å². The summed E-state index contributed by atoms with van der Waals surface area (Å²) in [6, 6.07) is 0.284. The van der Waals surface area contributed by atoms with E-state index in [4.69, 9.17) is 14.9 Å². The number of aliphatic imine (C=N–C) groups is 1. The van der Waals surface area contributed by atoms with Gasteiger partial charge in [0.05, 0.1) is 25.9 Å². The third-order valence-corrected chi connectivity index (χ3v) is 4.73. The van der Waals surface area contributed by atoms with Crippen molar-refractivity contribution < 1.29 is 9.47 Å². The minimum absolute atomic E-state index is 0.284. The molecule has 0 atom stereocenters. The Hall–Kier alpha value is -0.850. The maximum Gasteiger partial charge on any atom is 0.132 e. The fraction of sp³-hybridized carbons (Fsp3) is 0.765. The quantitative estimate of drug-likeness (QED) is 0.319. The summed E-state index contributed by atoms with van der Waals surface area (Å²) >= 11 is 0. The molecule has 1 aliphatic rings. The molecule has 0 aromatic rings. The van der Waals surface area contributed by atoms with E-state index in [-0.39, 0.29) is 6.04 Å². The van der Waals surface area contributed by atoms with Crippen LogP contribution in [0.1, 0.15) is 20.8 Å². The van der Waals surface area contributed by atoms with Gasteiger partial charge in [0, 0.05) is 5.75 Å². The van der Waals surface area contributed by atoms with Crippen molar-refractivity contribution in [3.8, 4) is 0 Å². The molecule has 1 saturated heterocycles. The van der Waals surface area contributed by atoms with E-state index >= 15 is 0 Å². The molecule has 0 aromatic carbocycles. The van der Waals surface area contributed by atoms with Crippen LogP contribution in [-0.2, 0) is 9.47 Å². The van der Waals surface area contributed by atoms with E-state index in [1.165, 1.54) is 0 Å². The Morgan fingerprint density at radius 1 is 1.39 bits per heavy atom. The molecule has 134 valence electrons. The van der Waals surface area contributed by atoms with Gasteiger partial charge in [0.2, 0.25) is 0 Å². The molecule has 1 N–H and O–H groups in total. The van der Waals surface area contributed by atoms with Gasteiger partial charge in [-0.1, -0.05) is 19.9 Å². The van der Waals surface area contributed by atoms with Crippen molar-refractivity contribution in [3.63, 3.8) is 0 Å². The van der Waals surface area contributed by atoms with Crippen LogP contribution in [-0.4, -0.2) is 73.7 Å². The zero-order valence-electron chi connectivity index (χ0n) is 15.5. The predicted molar refractivity (Wildman–Crippen MR) is 102 cm³/mol. The standard InChI is InChI=1S/C17H33N3O2S/c1-14(2)7-8-17(19-15(3)18)20(16-11-22-12-16)13-21-9-10-23(4,5)6/h7-8,14,16,18H,9-13H2,1-6H3/b8-7-,18-15?,19-17?. The van der Waals surface area contributed by atoms with Crippen molar-refractivity contribution in [2.75, 3.05) is 51.1 Å². The Bertz CT molecular complexity index is 438. The van der Waals surface area contributed by atoms with Gasteiger partial charge in [-0.15, -0.1) is 0 Å². The lowest BCUT2D eigenvalue weighted by Crippen LogP contribution is -2.52. The normalized spacial score (nSPS) is 17.6. The van der Waals surface area contributed by atoms with Gasteiger partial charge in [-0.25, -0.2) is 15.0 Å². The number of allylic oxidation sites excluding steroid dienone is 1. The molecule has 0 radical (unpaired) electrons. The summed E-state index contributed by atoms with van der Waals surface area (Å²) in [5, 5.41) is 7.70. The molecule has 0 bridgehead atoms. The smallest absolute Gasteiger partial charge is 0.132 e. The SMILES string of the molecule is CC(=N)N=C(/C=C\C(C)C)N(COCCS(C)(C)C)C1COC1. The first-order valence-corrected chi connectivity index (χ1v) is 11.1. The van der Waals surface area contributed by atoms with E-state index in [9.17, 15) is 0 Å². The minimum atomic E-state index is -0.541. The highest BCUT2D eigenvalue weighted by atomic mass is 32.3. The van der Waals surface area contributed by atoms with Crippen LogP contribution in [0.15, 0.2) is 17.1 Å². The van der Waals surface area contributed by atoms with Crippen LogP contribution in [0.3, 0.4) is 0 Å². The van der Waals surface area contributed by atoms with Crippen LogP contribution < -0.4 is 0 Å². The molecule has 6 heteroatoms. The molecule has 1 fully saturated rings. The van der Waals surface area contributed by atoms with Gasteiger partial charge in [0.15, 0.2) is 0 Å². The van der Waals surface area contributed by atoms with E-state index in [1.54, 1.807) is 6.92 Å². The van der Waals surface area contributed by atoms with Crippen LogP contribution >= 0.6 is 10.0 Å². The third-order valence-electron chi connectivity index (χ3n) is 3.34. The van der Waals surface area contributed by atoms with E-state index in [2.05, 4.69) is 48.6 Å².